The van der Waals surface area contributed by atoms with E-state index in [9.17, 15) is 9.59 Å². The van der Waals surface area contributed by atoms with Crippen molar-refractivity contribution in [3.63, 3.8) is 0 Å². The summed E-state index contributed by atoms with van der Waals surface area (Å²) in [6, 6.07) is 0. The van der Waals surface area contributed by atoms with Crippen molar-refractivity contribution >= 4 is 11.8 Å². The summed E-state index contributed by atoms with van der Waals surface area (Å²) < 4.78 is 5.51. The van der Waals surface area contributed by atoms with Crippen molar-refractivity contribution in [1.29, 1.82) is 0 Å². The first-order valence-electron chi connectivity index (χ1n) is 8.17. The molecule has 1 aliphatic heterocycles. The average Bonchev–Trinajstić information content (AvgIpc) is 2.57. The van der Waals surface area contributed by atoms with Crippen LogP contribution in [0.5, 0.6) is 0 Å². The number of amides is 2. The number of ether oxygens (including phenoxy) is 1. The summed E-state index contributed by atoms with van der Waals surface area (Å²) in [6.07, 6.45) is 3.78. The van der Waals surface area contributed by atoms with E-state index in [1.165, 1.54) is 0 Å². The van der Waals surface area contributed by atoms with E-state index < -0.39 is 5.54 Å². The lowest BCUT2D eigenvalue weighted by atomic mass is 9.91. The molecule has 0 bridgehead atoms. The van der Waals surface area contributed by atoms with Gasteiger partial charge < -0.3 is 15.0 Å². The number of hydrogen-bond donors (Lipinski definition) is 1. The summed E-state index contributed by atoms with van der Waals surface area (Å²) in [5, 5.41) is 2.93. The molecule has 1 fully saturated rings. The Labute approximate surface area is 128 Å². The van der Waals surface area contributed by atoms with Gasteiger partial charge in [-0.1, -0.05) is 13.8 Å². The third-order valence-corrected chi connectivity index (χ3v) is 4.16. The molecule has 0 unspecified atom stereocenters. The Balaban J connectivity index is 2.56. The van der Waals surface area contributed by atoms with Crippen molar-refractivity contribution in [1.82, 2.24) is 10.2 Å². The number of unbranched alkanes of at least 4 members (excludes halogenated alkanes) is 1. The van der Waals surface area contributed by atoms with Gasteiger partial charge in [0.15, 0.2) is 0 Å². The molecule has 2 amide bonds. The van der Waals surface area contributed by atoms with E-state index in [2.05, 4.69) is 5.32 Å². The zero-order valence-electron chi connectivity index (χ0n) is 13.9. The van der Waals surface area contributed by atoms with E-state index in [4.69, 9.17) is 4.74 Å². The Morgan fingerprint density at radius 2 is 1.90 bits per heavy atom. The van der Waals surface area contributed by atoms with E-state index in [1.54, 1.807) is 0 Å². The monoisotopic (exact) mass is 298 g/mol. The molecule has 1 N–H and O–H groups in total. The summed E-state index contributed by atoms with van der Waals surface area (Å²) in [4.78, 5) is 26.4. The van der Waals surface area contributed by atoms with Gasteiger partial charge in [-0.15, -0.1) is 0 Å². The second kappa shape index (κ2) is 8.37. The van der Waals surface area contributed by atoms with E-state index in [0.717, 1.165) is 19.4 Å². The first-order chi connectivity index (χ1) is 9.95. The van der Waals surface area contributed by atoms with Crippen LogP contribution in [0, 0.1) is 0 Å². The van der Waals surface area contributed by atoms with E-state index in [0.29, 0.717) is 32.4 Å². The molecule has 21 heavy (non-hydrogen) atoms. The van der Waals surface area contributed by atoms with Gasteiger partial charge in [-0.05, 0) is 39.5 Å². The van der Waals surface area contributed by atoms with Crippen LogP contribution in [0.3, 0.4) is 0 Å². The van der Waals surface area contributed by atoms with Gasteiger partial charge in [0.25, 0.3) is 0 Å². The lowest BCUT2D eigenvalue weighted by molar-refractivity contribution is -0.139. The Kier molecular flexibility index (Phi) is 7.15. The van der Waals surface area contributed by atoms with Gasteiger partial charge in [0, 0.05) is 26.1 Å². The van der Waals surface area contributed by atoms with Crippen LogP contribution in [0.4, 0.5) is 0 Å². The molecule has 122 valence electrons. The van der Waals surface area contributed by atoms with Gasteiger partial charge in [0.05, 0.1) is 6.10 Å². The van der Waals surface area contributed by atoms with Crippen LogP contribution in [0.15, 0.2) is 0 Å². The SMILES string of the molecule is CCC1(CC)NC(=O)CCN(CCCCOC(C)C)C1=O. The number of carbonyl (C=O) groups excluding carboxylic acids is 2. The van der Waals surface area contributed by atoms with Gasteiger partial charge in [-0.25, -0.2) is 0 Å². The predicted molar refractivity (Wildman–Crippen MR) is 83.0 cm³/mol. The molecule has 0 spiro atoms. The highest BCUT2D eigenvalue weighted by Crippen LogP contribution is 2.22. The van der Waals surface area contributed by atoms with E-state index in [1.807, 2.05) is 32.6 Å². The molecule has 1 aliphatic rings. The van der Waals surface area contributed by atoms with Crippen molar-refractivity contribution in [2.24, 2.45) is 0 Å². The molecule has 0 aromatic heterocycles. The van der Waals surface area contributed by atoms with Gasteiger partial charge in [0.2, 0.25) is 11.8 Å². The number of carbonyl (C=O) groups is 2. The van der Waals surface area contributed by atoms with E-state index >= 15 is 0 Å². The van der Waals surface area contributed by atoms with Crippen LogP contribution < -0.4 is 5.32 Å². The van der Waals surface area contributed by atoms with Crippen LogP contribution in [-0.4, -0.2) is 48.1 Å². The van der Waals surface area contributed by atoms with Gasteiger partial charge in [0.1, 0.15) is 5.54 Å². The Bertz CT molecular complexity index is 351. The molecule has 0 radical (unpaired) electrons. The summed E-state index contributed by atoms with van der Waals surface area (Å²) in [5.41, 5.74) is -0.706. The quantitative estimate of drug-likeness (QED) is 0.698. The molecular formula is C16H30N2O3. The van der Waals surface area contributed by atoms with Gasteiger partial charge in [-0.2, -0.15) is 0 Å². The Morgan fingerprint density at radius 1 is 1.24 bits per heavy atom. The lowest BCUT2D eigenvalue weighted by Gasteiger charge is -2.33. The smallest absolute Gasteiger partial charge is 0.248 e. The van der Waals surface area contributed by atoms with Crippen molar-refractivity contribution < 1.29 is 14.3 Å². The third kappa shape index (κ3) is 4.99. The fourth-order valence-corrected chi connectivity index (χ4v) is 2.69. The van der Waals surface area contributed by atoms with Gasteiger partial charge in [-0.3, -0.25) is 9.59 Å². The summed E-state index contributed by atoms with van der Waals surface area (Å²) >= 11 is 0. The second-order valence-corrected chi connectivity index (χ2v) is 6.01. The summed E-state index contributed by atoms with van der Waals surface area (Å²) in [7, 11) is 0. The van der Waals surface area contributed by atoms with Crippen molar-refractivity contribution in [3.05, 3.63) is 0 Å². The molecule has 5 heteroatoms. The lowest BCUT2D eigenvalue weighted by Crippen LogP contribution is -2.56. The number of nitrogens with zero attached hydrogens (tertiary/aromatic N) is 1. The minimum Gasteiger partial charge on any atom is -0.379 e. The minimum atomic E-state index is -0.706. The first kappa shape index (κ1) is 18.0. The second-order valence-electron chi connectivity index (χ2n) is 6.01. The molecule has 0 atom stereocenters. The van der Waals surface area contributed by atoms with Crippen LogP contribution in [0.1, 0.15) is 59.8 Å². The largest absolute Gasteiger partial charge is 0.379 e. The Hall–Kier alpha value is -1.10. The highest BCUT2D eigenvalue weighted by Gasteiger charge is 2.41. The third-order valence-electron chi connectivity index (χ3n) is 4.16. The highest BCUT2D eigenvalue weighted by atomic mass is 16.5. The number of rotatable bonds is 8. The maximum Gasteiger partial charge on any atom is 0.248 e. The summed E-state index contributed by atoms with van der Waals surface area (Å²) in [5.74, 6) is 0.0563. The van der Waals surface area contributed by atoms with Crippen LogP contribution in [0.2, 0.25) is 0 Å². The molecule has 0 saturated carbocycles. The summed E-state index contributed by atoms with van der Waals surface area (Å²) in [6.45, 7) is 9.92. The molecule has 5 nitrogen and oxygen atoms in total. The highest BCUT2D eigenvalue weighted by molar-refractivity contribution is 5.93. The molecule has 1 saturated heterocycles. The Morgan fingerprint density at radius 3 is 2.48 bits per heavy atom. The zero-order chi connectivity index (χ0) is 15.9. The van der Waals surface area contributed by atoms with Crippen LogP contribution >= 0.6 is 0 Å². The fourth-order valence-electron chi connectivity index (χ4n) is 2.69. The first-order valence-corrected chi connectivity index (χ1v) is 8.17. The van der Waals surface area contributed by atoms with Crippen molar-refractivity contribution in [2.45, 2.75) is 71.4 Å². The topological polar surface area (TPSA) is 58.6 Å². The van der Waals surface area contributed by atoms with Crippen LogP contribution in [-0.2, 0) is 14.3 Å². The van der Waals surface area contributed by atoms with Crippen molar-refractivity contribution in [2.75, 3.05) is 19.7 Å². The van der Waals surface area contributed by atoms with E-state index in [-0.39, 0.29) is 17.9 Å². The number of hydrogen-bond acceptors (Lipinski definition) is 3. The van der Waals surface area contributed by atoms with Crippen molar-refractivity contribution in [3.8, 4) is 0 Å². The van der Waals surface area contributed by atoms with Crippen LogP contribution in [0.25, 0.3) is 0 Å². The average molecular weight is 298 g/mol. The molecule has 0 aliphatic carbocycles. The molecular weight excluding hydrogens is 268 g/mol. The predicted octanol–water partition coefficient (Wildman–Crippen LogP) is 2.10. The maximum absolute atomic E-state index is 12.7. The normalized spacial score (nSPS) is 18.8. The fraction of sp³-hybridized carbons (Fsp3) is 0.875. The molecule has 0 aromatic rings. The molecule has 1 rings (SSSR count). The maximum atomic E-state index is 12.7. The molecule has 0 aromatic carbocycles. The van der Waals surface area contributed by atoms with Gasteiger partial charge >= 0.3 is 0 Å². The standard InChI is InChI=1S/C16H30N2O3/c1-5-16(6-2)15(20)18(11-9-14(19)17-16)10-7-8-12-21-13(3)4/h13H,5-12H2,1-4H3,(H,17,19). The minimum absolute atomic E-state index is 0.0160. The molecule has 1 heterocycles. The number of nitrogens with one attached hydrogen (secondary N) is 1. The zero-order valence-corrected chi connectivity index (χ0v) is 13.9.